The summed E-state index contributed by atoms with van der Waals surface area (Å²) in [5, 5.41) is 0. The molecule has 5 N–H and O–H groups in total. The molecule has 1 aromatic rings. The van der Waals surface area contributed by atoms with Crippen molar-refractivity contribution in [3.05, 3.63) is 16.2 Å². The fourth-order valence-corrected chi connectivity index (χ4v) is 2.22. The molecule has 0 atom stereocenters. The van der Waals surface area contributed by atoms with Crippen LogP contribution in [0.5, 0.6) is 0 Å². The third-order valence-electron chi connectivity index (χ3n) is 2.84. The van der Waals surface area contributed by atoms with Crippen LogP contribution in [0.1, 0.15) is 38.6 Å². The number of H-pyrrole nitrogens is 1. The molecule has 0 fully saturated rings. The van der Waals surface area contributed by atoms with Crippen molar-refractivity contribution in [3.63, 3.8) is 0 Å². The topological polar surface area (TPSA) is 89.8 Å². The van der Waals surface area contributed by atoms with Crippen LogP contribution < -0.4 is 11.5 Å². The first kappa shape index (κ1) is 17.9. The van der Waals surface area contributed by atoms with Crippen LogP contribution in [-0.4, -0.2) is 22.5 Å². The Hall–Kier alpha value is -1.14. The van der Waals surface area contributed by atoms with Gasteiger partial charge in [-0.15, -0.1) is 0 Å². The molecule has 0 aliphatic carbocycles. The number of primary amides is 1. The minimum atomic E-state index is 0.250. The molecule has 0 aromatic carbocycles. The fraction of sp³-hybridized carbons (Fsp3) is 0.692. The number of rotatable bonds is 6. The number of aryl methyl sites for hydroxylation is 1. The molecule has 1 aromatic heterocycles. The normalized spacial score (nSPS) is 10.2. The summed E-state index contributed by atoms with van der Waals surface area (Å²) < 4.78 is 3.07. The molecule has 0 spiro atoms. The molecular formula is C13H26N4OS. The maximum atomic E-state index is 8.58. The molecule has 0 radical (unpaired) electrons. The van der Waals surface area contributed by atoms with Gasteiger partial charge in [-0.1, -0.05) is 20.8 Å². The van der Waals surface area contributed by atoms with Crippen LogP contribution in [0.15, 0.2) is 0 Å². The number of imidazole rings is 1. The predicted octanol–water partition coefficient (Wildman–Crippen LogP) is 1.76. The number of aromatic nitrogens is 2. The van der Waals surface area contributed by atoms with Crippen LogP contribution in [-0.2, 0) is 24.2 Å². The van der Waals surface area contributed by atoms with Crippen molar-refractivity contribution >= 4 is 18.6 Å². The number of nitrogens with one attached hydrogen (secondary N) is 1. The van der Waals surface area contributed by atoms with E-state index in [1.165, 1.54) is 11.4 Å². The number of amides is 1. The first-order chi connectivity index (χ1) is 9.01. The zero-order chi connectivity index (χ0) is 14.8. The SMILES string of the molecule is CCc1[nH]c(=S)n(CCC(C)C)c1CCN.NC=O. The lowest BCUT2D eigenvalue weighted by molar-refractivity contribution is -0.106. The average Bonchev–Trinajstić information content (AvgIpc) is 2.64. The van der Waals surface area contributed by atoms with Crippen LogP contribution in [0.2, 0.25) is 0 Å². The Morgan fingerprint density at radius 3 is 2.47 bits per heavy atom. The van der Waals surface area contributed by atoms with Crippen molar-refractivity contribution in [1.82, 2.24) is 9.55 Å². The molecule has 0 bridgehead atoms. The van der Waals surface area contributed by atoms with Gasteiger partial charge in [-0.25, -0.2) is 0 Å². The van der Waals surface area contributed by atoms with Gasteiger partial charge in [-0.2, -0.15) is 0 Å². The van der Waals surface area contributed by atoms with E-state index in [0.717, 1.165) is 30.6 Å². The highest BCUT2D eigenvalue weighted by Crippen LogP contribution is 2.13. The summed E-state index contributed by atoms with van der Waals surface area (Å²) in [6.07, 6.45) is 3.31. The highest BCUT2D eigenvalue weighted by Gasteiger charge is 2.10. The van der Waals surface area contributed by atoms with Gasteiger partial charge in [0.2, 0.25) is 6.41 Å². The molecule has 0 saturated heterocycles. The monoisotopic (exact) mass is 286 g/mol. The second-order valence-corrected chi connectivity index (χ2v) is 5.10. The third kappa shape index (κ3) is 6.02. The van der Waals surface area contributed by atoms with Gasteiger partial charge in [0, 0.05) is 24.4 Å². The van der Waals surface area contributed by atoms with Crippen LogP contribution >= 0.6 is 12.2 Å². The molecule has 110 valence electrons. The van der Waals surface area contributed by atoms with Gasteiger partial charge in [-0.3, -0.25) is 4.79 Å². The summed E-state index contributed by atoms with van der Waals surface area (Å²) in [6.45, 7) is 8.30. The Bertz CT molecular complexity index is 423. The van der Waals surface area contributed by atoms with Crippen molar-refractivity contribution in [3.8, 4) is 0 Å². The number of nitrogens with zero attached hydrogens (tertiary/aromatic N) is 1. The van der Waals surface area contributed by atoms with Crippen molar-refractivity contribution < 1.29 is 4.79 Å². The molecule has 19 heavy (non-hydrogen) atoms. The highest BCUT2D eigenvalue weighted by molar-refractivity contribution is 7.71. The van der Waals surface area contributed by atoms with Crippen molar-refractivity contribution in [1.29, 1.82) is 0 Å². The van der Waals surface area contributed by atoms with Gasteiger partial charge in [0.25, 0.3) is 0 Å². The van der Waals surface area contributed by atoms with Crippen LogP contribution in [0.3, 0.4) is 0 Å². The number of hydrogen-bond acceptors (Lipinski definition) is 3. The molecule has 6 heteroatoms. The molecule has 0 aliphatic rings. The summed E-state index contributed by atoms with van der Waals surface area (Å²) in [7, 11) is 0. The van der Waals surface area contributed by atoms with E-state index in [9.17, 15) is 0 Å². The van der Waals surface area contributed by atoms with E-state index in [-0.39, 0.29) is 6.41 Å². The maximum absolute atomic E-state index is 8.58. The maximum Gasteiger partial charge on any atom is 0.204 e. The lowest BCUT2D eigenvalue weighted by Gasteiger charge is -2.10. The molecule has 1 rings (SSSR count). The van der Waals surface area contributed by atoms with Gasteiger partial charge >= 0.3 is 0 Å². The summed E-state index contributed by atoms with van der Waals surface area (Å²) in [6, 6.07) is 0. The number of carbonyl (C=O) groups is 1. The summed E-state index contributed by atoms with van der Waals surface area (Å²) in [5.74, 6) is 0.701. The van der Waals surface area contributed by atoms with Gasteiger partial charge < -0.3 is 21.0 Å². The number of hydrogen-bond donors (Lipinski definition) is 3. The smallest absolute Gasteiger partial charge is 0.204 e. The molecule has 1 heterocycles. The van der Waals surface area contributed by atoms with Crippen molar-refractivity contribution in [2.75, 3.05) is 6.54 Å². The molecule has 0 aliphatic heterocycles. The summed E-state index contributed by atoms with van der Waals surface area (Å²) in [4.78, 5) is 11.9. The van der Waals surface area contributed by atoms with Gasteiger partial charge in [0.15, 0.2) is 4.77 Å². The average molecular weight is 286 g/mol. The largest absolute Gasteiger partial charge is 0.372 e. The predicted molar refractivity (Wildman–Crippen MR) is 81.5 cm³/mol. The Balaban J connectivity index is 0.000000982. The van der Waals surface area contributed by atoms with E-state index >= 15 is 0 Å². The number of nitrogens with two attached hydrogens (primary N) is 2. The van der Waals surface area contributed by atoms with Crippen molar-refractivity contribution in [2.45, 2.75) is 46.6 Å². The molecule has 0 saturated carbocycles. The standard InChI is InChI=1S/C12H23N3S.CH3NO/c1-4-10-11(5-7-13)15(12(16)14-10)8-6-9(2)3;2-1-3/h9H,4-8,13H2,1-3H3,(H,14,16);1H,(H2,2,3). The lowest BCUT2D eigenvalue weighted by Crippen LogP contribution is -2.12. The van der Waals surface area contributed by atoms with E-state index in [2.05, 4.69) is 36.1 Å². The Kier molecular flexibility index (Phi) is 9.16. The van der Waals surface area contributed by atoms with E-state index < -0.39 is 0 Å². The Morgan fingerprint density at radius 1 is 1.47 bits per heavy atom. The van der Waals surface area contributed by atoms with E-state index in [1.54, 1.807) is 0 Å². The van der Waals surface area contributed by atoms with Crippen LogP contribution in [0.25, 0.3) is 0 Å². The van der Waals surface area contributed by atoms with Crippen LogP contribution in [0.4, 0.5) is 0 Å². The number of carbonyl (C=O) groups excluding carboxylic acids is 1. The summed E-state index contributed by atoms with van der Waals surface area (Å²) in [5.41, 5.74) is 12.4. The minimum Gasteiger partial charge on any atom is -0.372 e. The molecular weight excluding hydrogens is 260 g/mol. The zero-order valence-electron chi connectivity index (χ0n) is 12.1. The second kappa shape index (κ2) is 9.75. The van der Waals surface area contributed by atoms with E-state index in [4.69, 9.17) is 22.7 Å². The zero-order valence-corrected chi connectivity index (χ0v) is 12.9. The first-order valence-corrected chi connectivity index (χ1v) is 7.08. The Morgan fingerprint density at radius 2 is 2.05 bits per heavy atom. The van der Waals surface area contributed by atoms with E-state index in [1.807, 2.05) is 0 Å². The Labute approximate surface area is 120 Å². The van der Waals surface area contributed by atoms with Gasteiger partial charge in [0.05, 0.1) is 0 Å². The van der Waals surface area contributed by atoms with Gasteiger partial charge in [0.1, 0.15) is 0 Å². The van der Waals surface area contributed by atoms with E-state index in [0.29, 0.717) is 12.5 Å². The van der Waals surface area contributed by atoms with Crippen LogP contribution in [0, 0.1) is 10.7 Å². The summed E-state index contributed by atoms with van der Waals surface area (Å²) >= 11 is 5.36. The fourth-order valence-electron chi connectivity index (χ4n) is 1.89. The minimum absolute atomic E-state index is 0.250. The number of aromatic amines is 1. The van der Waals surface area contributed by atoms with Gasteiger partial charge in [-0.05, 0) is 37.5 Å². The first-order valence-electron chi connectivity index (χ1n) is 6.67. The van der Waals surface area contributed by atoms with Crippen molar-refractivity contribution in [2.24, 2.45) is 17.4 Å². The second-order valence-electron chi connectivity index (χ2n) is 4.72. The third-order valence-corrected chi connectivity index (χ3v) is 3.16. The molecule has 1 amide bonds. The quantitative estimate of drug-likeness (QED) is 0.550. The molecule has 5 nitrogen and oxygen atoms in total. The highest BCUT2D eigenvalue weighted by atomic mass is 32.1. The lowest BCUT2D eigenvalue weighted by atomic mass is 10.1. The molecule has 0 unspecified atom stereocenters.